The lowest BCUT2D eigenvalue weighted by atomic mass is 10.1. The van der Waals surface area contributed by atoms with Crippen LogP contribution in [0.2, 0.25) is 0 Å². The van der Waals surface area contributed by atoms with E-state index >= 15 is 0 Å². The van der Waals surface area contributed by atoms with Crippen molar-refractivity contribution >= 4 is 27.9 Å². The van der Waals surface area contributed by atoms with Gasteiger partial charge in [0, 0.05) is 53.8 Å². The Balaban J connectivity index is 1.20. The second-order valence-electron chi connectivity index (χ2n) is 10.0. The first-order chi connectivity index (χ1) is 18.7. The predicted octanol–water partition coefficient (Wildman–Crippen LogP) is 5.08. The van der Waals surface area contributed by atoms with Gasteiger partial charge in [-0.15, -0.1) is 0 Å². The Morgan fingerprint density at radius 3 is 2.55 bits per heavy atom. The molecule has 1 amide bonds. The van der Waals surface area contributed by atoms with E-state index in [-0.39, 0.29) is 25.3 Å². The van der Waals surface area contributed by atoms with Crippen molar-refractivity contribution in [3.8, 4) is 0 Å². The number of nitrogens with one attached hydrogen (secondary N) is 2. The van der Waals surface area contributed by atoms with Crippen LogP contribution in [0.3, 0.4) is 0 Å². The standard InChI is InChI=1S/C31H32N4O3/c36-30-20-35(31(37)38-21-22-7-2-1-3-8-22)19-29(30)34(18-24-9-6-12-27-26(24)13-15-32-27)16-14-23-17-33-28-11-5-4-10-25(23)28/h1-13,15,17,29-30,32-33,36H,14,16,18-21H2/t29-,30-/m1/s1. The zero-order valence-electron chi connectivity index (χ0n) is 21.2. The number of aliphatic hydroxyl groups is 1. The van der Waals surface area contributed by atoms with E-state index in [1.54, 1.807) is 4.90 Å². The SMILES string of the molecule is O=C(OCc1ccccc1)N1C[C@@H](O)[C@H](N(CCc2c[nH]c3ccccc23)Cc2cccc3[nH]ccc23)C1. The summed E-state index contributed by atoms with van der Waals surface area (Å²) in [6.07, 6.45) is 3.81. The van der Waals surface area contributed by atoms with Crippen molar-refractivity contribution in [2.75, 3.05) is 19.6 Å². The number of ether oxygens (including phenoxy) is 1. The molecule has 1 fully saturated rings. The number of amides is 1. The molecular formula is C31H32N4O3. The number of aromatic nitrogens is 2. The fraction of sp³-hybridized carbons (Fsp3) is 0.258. The van der Waals surface area contributed by atoms with Crippen LogP contribution in [0.5, 0.6) is 0 Å². The highest BCUT2D eigenvalue weighted by atomic mass is 16.6. The summed E-state index contributed by atoms with van der Waals surface area (Å²) in [4.78, 5) is 23.5. The first-order valence-corrected chi connectivity index (χ1v) is 13.1. The molecule has 2 aromatic heterocycles. The van der Waals surface area contributed by atoms with E-state index in [9.17, 15) is 9.90 Å². The van der Waals surface area contributed by atoms with Gasteiger partial charge in [-0.05, 0) is 41.3 Å². The number of likely N-dealkylation sites (tertiary alicyclic amines) is 1. The van der Waals surface area contributed by atoms with Crippen molar-refractivity contribution in [2.45, 2.75) is 31.7 Å². The first-order valence-electron chi connectivity index (χ1n) is 13.1. The Morgan fingerprint density at radius 1 is 0.895 bits per heavy atom. The number of hydrogen-bond acceptors (Lipinski definition) is 4. The molecule has 0 aliphatic carbocycles. The molecule has 0 unspecified atom stereocenters. The van der Waals surface area contributed by atoms with Gasteiger partial charge in [0.15, 0.2) is 0 Å². The average molecular weight is 509 g/mol. The van der Waals surface area contributed by atoms with Gasteiger partial charge in [0.05, 0.1) is 18.7 Å². The van der Waals surface area contributed by atoms with Crippen LogP contribution in [0.4, 0.5) is 4.79 Å². The van der Waals surface area contributed by atoms with E-state index in [0.717, 1.165) is 29.6 Å². The molecule has 0 bridgehead atoms. The zero-order valence-corrected chi connectivity index (χ0v) is 21.2. The van der Waals surface area contributed by atoms with Gasteiger partial charge in [-0.3, -0.25) is 4.90 Å². The predicted molar refractivity (Wildman–Crippen MR) is 149 cm³/mol. The number of nitrogens with zero attached hydrogens (tertiary/aromatic N) is 2. The van der Waals surface area contributed by atoms with Crippen LogP contribution >= 0.6 is 0 Å². The number of rotatable bonds is 8. The summed E-state index contributed by atoms with van der Waals surface area (Å²) in [7, 11) is 0. The Bertz CT molecular complexity index is 1530. The van der Waals surface area contributed by atoms with Crippen LogP contribution in [0, 0.1) is 0 Å². The maximum Gasteiger partial charge on any atom is 0.410 e. The normalized spacial score (nSPS) is 17.6. The van der Waals surface area contributed by atoms with Crippen LogP contribution in [0.25, 0.3) is 21.8 Å². The molecule has 0 spiro atoms. The summed E-state index contributed by atoms with van der Waals surface area (Å²) in [5.41, 5.74) is 5.60. The lowest BCUT2D eigenvalue weighted by molar-refractivity contribution is 0.0785. The zero-order chi connectivity index (χ0) is 25.9. The number of aliphatic hydroxyl groups excluding tert-OH is 1. The maximum atomic E-state index is 12.9. The molecule has 1 aliphatic rings. The van der Waals surface area contributed by atoms with Gasteiger partial charge in [-0.2, -0.15) is 0 Å². The summed E-state index contributed by atoms with van der Waals surface area (Å²) in [5, 5.41) is 13.5. The average Bonchev–Trinajstić information content (AvgIpc) is 3.69. The third kappa shape index (κ3) is 5.03. The number of aromatic amines is 2. The molecule has 2 atom stereocenters. The number of fused-ring (bicyclic) bond motifs is 2. The van der Waals surface area contributed by atoms with Gasteiger partial charge >= 0.3 is 6.09 Å². The highest BCUT2D eigenvalue weighted by Crippen LogP contribution is 2.25. The van der Waals surface area contributed by atoms with E-state index in [4.69, 9.17) is 4.74 Å². The minimum absolute atomic E-state index is 0.196. The Kier molecular flexibility index (Phi) is 6.86. The number of carbonyl (C=O) groups excluding carboxylic acids is 1. The largest absolute Gasteiger partial charge is 0.445 e. The minimum Gasteiger partial charge on any atom is -0.445 e. The molecule has 7 heteroatoms. The van der Waals surface area contributed by atoms with Gasteiger partial charge in [-0.1, -0.05) is 60.7 Å². The van der Waals surface area contributed by atoms with Crippen molar-refractivity contribution in [3.05, 3.63) is 108 Å². The molecule has 6 rings (SSSR count). The van der Waals surface area contributed by atoms with Crippen LogP contribution in [-0.2, 0) is 24.3 Å². The van der Waals surface area contributed by atoms with E-state index in [2.05, 4.69) is 63.5 Å². The second kappa shape index (κ2) is 10.7. The van der Waals surface area contributed by atoms with Crippen molar-refractivity contribution in [1.82, 2.24) is 19.8 Å². The van der Waals surface area contributed by atoms with Crippen LogP contribution < -0.4 is 0 Å². The van der Waals surface area contributed by atoms with Gasteiger partial charge in [0.1, 0.15) is 6.61 Å². The number of benzene rings is 3. The Labute approximate surface area is 221 Å². The van der Waals surface area contributed by atoms with Gasteiger partial charge < -0.3 is 24.7 Å². The molecule has 3 N–H and O–H groups in total. The molecule has 194 valence electrons. The smallest absolute Gasteiger partial charge is 0.410 e. The van der Waals surface area contributed by atoms with Crippen molar-refractivity contribution in [2.24, 2.45) is 0 Å². The summed E-state index contributed by atoms with van der Waals surface area (Å²) < 4.78 is 5.57. The molecule has 5 aromatic rings. The van der Waals surface area contributed by atoms with Crippen molar-refractivity contribution < 1.29 is 14.6 Å². The first kappa shape index (κ1) is 24.3. The molecule has 3 heterocycles. The summed E-state index contributed by atoms with van der Waals surface area (Å²) in [6.45, 7) is 2.32. The quantitative estimate of drug-likeness (QED) is 0.273. The lowest BCUT2D eigenvalue weighted by Crippen LogP contribution is -2.44. The Morgan fingerprint density at radius 2 is 1.66 bits per heavy atom. The summed E-state index contributed by atoms with van der Waals surface area (Å²) in [5.74, 6) is 0. The fourth-order valence-corrected chi connectivity index (χ4v) is 5.56. The molecule has 0 radical (unpaired) electrons. The van der Waals surface area contributed by atoms with Crippen molar-refractivity contribution in [1.29, 1.82) is 0 Å². The van der Waals surface area contributed by atoms with Gasteiger partial charge in [0.25, 0.3) is 0 Å². The maximum absolute atomic E-state index is 12.9. The number of carbonyl (C=O) groups is 1. The van der Waals surface area contributed by atoms with Gasteiger partial charge in [-0.25, -0.2) is 4.79 Å². The number of hydrogen-bond donors (Lipinski definition) is 3. The van der Waals surface area contributed by atoms with E-state index in [1.165, 1.54) is 21.9 Å². The van der Waals surface area contributed by atoms with E-state index in [1.807, 2.05) is 42.6 Å². The molecule has 7 nitrogen and oxygen atoms in total. The second-order valence-corrected chi connectivity index (χ2v) is 10.0. The lowest BCUT2D eigenvalue weighted by Gasteiger charge is -2.31. The number of β-amino-alcohol motifs (C(OH)–C–C–N with tert-alkyl or cyclic N) is 1. The minimum atomic E-state index is -0.660. The van der Waals surface area contributed by atoms with Crippen LogP contribution in [-0.4, -0.2) is 62.7 Å². The molecule has 1 aliphatic heterocycles. The van der Waals surface area contributed by atoms with E-state index in [0.29, 0.717) is 13.1 Å². The molecule has 1 saturated heterocycles. The number of para-hydroxylation sites is 1. The highest BCUT2D eigenvalue weighted by molar-refractivity contribution is 5.83. The highest BCUT2D eigenvalue weighted by Gasteiger charge is 2.38. The van der Waals surface area contributed by atoms with Crippen LogP contribution in [0.1, 0.15) is 16.7 Å². The molecular weight excluding hydrogens is 476 g/mol. The third-order valence-electron chi connectivity index (χ3n) is 7.59. The Hall–Kier alpha value is -4.07. The van der Waals surface area contributed by atoms with Crippen molar-refractivity contribution in [3.63, 3.8) is 0 Å². The molecule has 3 aromatic carbocycles. The fourth-order valence-electron chi connectivity index (χ4n) is 5.56. The topological polar surface area (TPSA) is 84.6 Å². The summed E-state index contributed by atoms with van der Waals surface area (Å²) in [6, 6.07) is 26.2. The van der Waals surface area contributed by atoms with Gasteiger partial charge in [0.2, 0.25) is 0 Å². The summed E-state index contributed by atoms with van der Waals surface area (Å²) >= 11 is 0. The molecule has 0 saturated carbocycles. The number of H-pyrrole nitrogens is 2. The monoisotopic (exact) mass is 508 g/mol. The van der Waals surface area contributed by atoms with Crippen LogP contribution in [0.15, 0.2) is 91.3 Å². The van der Waals surface area contributed by atoms with E-state index < -0.39 is 6.10 Å². The molecule has 38 heavy (non-hydrogen) atoms. The third-order valence-corrected chi connectivity index (χ3v) is 7.59.